The van der Waals surface area contributed by atoms with E-state index in [1.807, 2.05) is 0 Å². The van der Waals surface area contributed by atoms with Gasteiger partial charge < -0.3 is 15.0 Å². The Morgan fingerprint density at radius 2 is 2.06 bits per heavy atom. The maximum Gasteiger partial charge on any atom is 0.0474 e. The highest BCUT2D eigenvalue weighted by Crippen LogP contribution is 2.20. The molecular weight excluding hydrogens is 212 g/mol. The van der Waals surface area contributed by atoms with Gasteiger partial charge in [-0.25, -0.2) is 0 Å². The second-order valence-corrected chi connectivity index (χ2v) is 5.27. The Kier molecular flexibility index (Phi) is 7.82. The van der Waals surface area contributed by atoms with Crippen molar-refractivity contribution >= 4 is 0 Å². The summed E-state index contributed by atoms with van der Waals surface area (Å²) >= 11 is 0. The summed E-state index contributed by atoms with van der Waals surface area (Å²) in [7, 11) is 1.79. The smallest absolute Gasteiger partial charge is 0.0474 e. The molecule has 1 N–H and O–H groups in total. The van der Waals surface area contributed by atoms with Gasteiger partial charge in [-0.1, -0.05) is 6.92 Å². The van der Waals surface area contributed by atoms with Crippen LogP contribution in [-0.2, 0) is 4.74 Å². The Labute approximate surface area is 107 Å². The molecule has 0 aromatic rings. The summed E-state index contributed by atoms with van der Waals surface area (Å²) in [6.45, 7) is 10.4. The lowest BCUT2D eigenvalue weighted by molar-refractivity contribution is 0.136. The summed E-state index contributed by atoms with van der Waals surface area (Å²) < 4.78 is 5.10. The van der Waals surface area contributed by atoms with Crippen molar-refractivity contribution in [3.8, 4) is 0 Å². The minimum atomic E-state index is 0.691. The molecule has 3 heteroatoms. The van der Waals surface area contributed by atoms with Crippen molar-refractivity contribution in [1.82, 2.24) is 10.2 Å². The highest BCUT2D eigenvalue weighted by Gasteiger charge is 2.22. The molecule has 1 atom stereocenters. The van der Waals surface area contributed by atoms with Crippen molar-refractivity contribution in [3.63, 3.8) is 0 Å². The molecule has 0 saturated carbocycles. The van der Waals surface area contributed by atoms with Crippen LogP contribution < -0.4 is 5.32 Å². The molecule has 1 heterocycles. The molecule has 1 aliphatic rings. The van der Waals surface area contributed by atoms with Crippen LogP contribution in [0, 0.1) is 5.92 Å². The molecule has 1 saturated heterocycles. The fraction of sp³-hybridized carbons (Fsp3) is 1.00. The van der Waals surface area contributed by atoms with E-state index in [2.05, 4.69) is 24.1 Å². The van der Waals surface area contributed by atoms with E-state index in [-0.39, 0.29) is 0 Å². The van der Waals surface area contributed by atoms with Gasteiger partial charge in [-0.15, -0.1) is 0 Å². The summed E-state index contributed by atoms with van der Waals surface area (Å²) in [5.41, 5.74) is 0. The Bertz CT molecular complexity index is 179. The topological polar surface area (TPSA) is 24.5 Å². The van der Waals surface area contributed by atoms with Crippen molar-refractivity contribution in [2.45, 2.75) is 45.6 Å². The number of nitrogens with one attached hydrogen (secondary N) is 1. The van der Waals surface area contributed by atoms with Crippen molar-refractivity contribution in [3.05, 3.63) is 0 Å². The quantitative estimate of drug-likeness (QED) is 0.660. The van der Waals surface area contributed by atoms with E-state index in [0.29, 0.717) is 6.04 Å². The first kappa shape index (κ1) is 14.9. The molecule has 0 radical (unpaired) electrons. The molecule has 17 heavy (non-hydrogen) atoms. The lowest BCUT2D eigenvalue weighted by atomic mass is 9.90. The van der Waals surface area contributed by atoms with Crippen LogP contribution in [0.4, 0.5) is 0 Å². The van der Waals surface area contributed by atoms with E-state index in [9.17, 15) is 0 Å². The van der Waals surface area contributed by atoms with Gasteiger partial charge in [-0.2, -0.15) is 0 Å². The Balaban J connectivity index is 2.12. The maximum atomic E-state index is 5.10. The van der Waals surface area contributed by atoms with Gasteiger partial charge in [-0.05, 0) is 58.2 Å². The van der Waals surface area contributed by atoms with E-state index in [0.717, 1.165) is 19.1 Å². The predicted molar refractivity (Wildman–Crippen MR) is 73.4 cm³/mol. The summed E-state index contributed by atoms with van der Waals surface area (Å²) in [5, 5.41) is 3.63. The van der Waals surface area contributed by atoms with Crippen LogP contribution in [0.3, 0.4) is 0 Å². The summed E-state index contributed by atoms with van der Waals surface area (Å²) in [5.74, 6) is 0.875. The molecule has 0 aromatic carbocycles. The van der Waals surface area contributed by atoms with Crippen LogP contribution in [-0.4, -0.2) is 50.8 Å². The van der Waals surface area contributed by atoms with Gasteiger partial charge in [0.25, 0.3) is 0 Å². The molecule has 1 unspecified atom stereocenters. The van der Waals surface area contributed by atoms with Crippen LogP contribution in [0.25, 0.3) is 0 Å². The van der Waals surface area contributed by atoms with Crippen LogP contribution >= 0.6 is 0 Å². The third kappa shape index (κ3) is 5.84. The van der Waals surface area contributed by atoms with Crippen LogP contribution in [0.2, 0.25) is 0 Å². The van der Waals surface area contributed by atoms with Gasteiger partial charge in [0.15, 0.2) is 0 Å². The molecule has 3 nitrogen and oxygen atoms in total. The number of piperidine rings is 1. The Morgan fingerprint density at radius 3 is 2.65 bits per heavy atom. The number of rotatable bonds is 8. The van der Waals surface area contributed by atoms with Gasteiger partial charge in [0.05, 0.1) is 0 Å². The van der Waals surface area contributed by atoms with Crippen molar-refractivity contribution in [2.24, 2.45) is 5.92 Å². The SMILES string of the molecule is CCCNC(C)C1CCN(CCCOC)CC1. The molecule has 0 aliphatic carbocycles. The second kappa shape index (κ2) is 8.90. The standard InChI is InChI=1S/C14H30N2O/c1-4-8-15-13(2)14-6-10-16(11-7-14)9-5-12-17-3/h13-15H,4-12H2,1-3H3. The average molecular weight is 242 g/mol. The lowest BCUT2D eigenvalue weighted by Crippen LogP contribution is -2.42. The van der Waals surface area contributed by atoms with Crippen LogP contribution in [0.1, 0.15) is 39.5 Å². The van der Waals surface area contributed by atoms with Crippen LogP contribution in [0.5, 0.6) is 0 Å². The zero-order valence-corrected chi connectivity index (χ0v) is 11.9. The zero-order valence-electron chi connectivity index (χ0n) is 11.9. The van der Waals surface area contributed by atoms with Gasteiger partial charge >= 0.3 is 0 Å². The number of methoxy groups -OCH3 is 1. The van der Waals surface area contributed by atoms with Crippen molar-refractivity contribution in [1.29, 1.82) is 0 Å². The molecule has 1 fully saturated rings. The Morgan fingerprint density at radius 1 is 1.35 bits per heavy atom. The zero-order chi connectivity index (χ0) is 12.5. The third-order valence-corrected chi connectivity index (χ3v) is 3.88. The fourth-order valence-electron chi connectivity index (χ4n) is 2.65. The van der Waals surface area contributed by atoms with Gasteiger partial charge in [-0.3, -0.25) is 0 Å². The second-order valence-electron chi connectivity index (χ2n) is 5.27. The van der Waals surface area contributed by atoms with Gasteiger partial charge in [0.1, 0.15) is 0 Å². The Hall–Kier alpha value is -0.120. The molecular formula is C14H30N2O. The highest BCUT2D eigenvalue weighted by molar-refractivity contribution is 4.79. The third-order valence-electron chi connectivity index (χ3n) is 3.88. The molecule has 0 aromatic heterocycles. The summed E-state index contributed by atoms with van der Waals surface area (Å²) in [6.07, 6.45) is 5.11. The van der Waals surface area contributed by atoms with Crippen molar-refractivity contribution < 1.29 is 4.74 Å². The molecule has 1 aliphatic heterocycles. The molecule has 0 bridgehead atoms. The first-order chi connectivity index (χ1) is 8.27. The molecule has 0 spiro atoms. The minimum Gasteiger partial charge on any atom is -0.385 e. The number of hydrogen-bond acceptors (Lipinski definition) is 3. The largest absolute Gasteiger partial charge is 0.385 e. The molecule has 102 valence electrons. The van der Waals surface area contributed by atoms with E-state index in [1.165, 1.54) is 45.3 Å². The number of ether oxygens (including phenoxy) is 1. The number of likely N-dealkylation sites (tertiary alicyclic amines) is 1. The average Bonchev–Trinajstić information content (AvgIpc) is 2.37. The van der Waals surface area contributed by atoms with Crippen LogP contribution in [0.15, 0.2) is 0 Å². The number of hydrogen-bond donors (Lipinski definition) is 1. The van der Waals surface area contributed by atoms with Gasteiger partial charge in [0.2, 0.25) is 0 Å². The normalized spacial score (nSPS) is 20.6. The first-order valence-electron chi connectivity index (χ1n) is 7.22. The molecule has 0 amide bonds. The molecule has 1 rings (SSSR count). The lowest BCUT2D eigenvalue weighted by Gasteiger charge is -2.35. The van der Waals surface area contributed by atoms with E-state index < -0.39 is 0 Å². The van der Waals surface area contributed by atoms with Gasteiger partial charge in [0, 0.05) is 26.3 Å². The van der Waals surface area contributed by atoms with E-state index in [4.69, 9.17) is 4.74 Å². The maximum absolute atomic E-state index is 5.10. The monoisotopic (exact) mass is 242 g/mol. The fourth-order valence-corrected chi connectivity index (χ4v) is 2.65. The minimum absolute atomic E-state index is 0.691. The highest BCUT2D eigenvalue weighted by atomic mass is 16.5. The number of nitrogens with zero attached hydrogens (tertiary/aromatic N) is 1. The van der Waals surface area contributed by atoms with E-state index in [1.54, 1.807) is 7.11 Å². The van der Waals surface area contributed by atoms with E-state index >= 15 is 0 Å². The predicted octanol–water partition coefficient (Wildman–Crippen LogP) is 2.12. The summed E-state index contributed by atoms with van der Waals surface area (Å²) in [4.78, 5) is 2.59. The first-order valence-corrected chi connectivity index (χ1v) is 7.22. The summed E-state index contributed by atoms with van der Waals surface area (Å²) in [6, 6.07) is 0.691. The van der Waals surface area contributed by atoms with Crippen molar-refractivity contribution in [2.75, 3.05) is 39.9 Å².